The second kappa shape index (κ2) is 7.09. The van der Waals surface area contributed by atoms with E-state index in [0.29, 0.717) is 32.7 Å². The van der Waals surface area contributed by atoms with Crippen LogP contribution in [-0.4, -0.2) is 89.8 Å². The summed E-state index contributed by atoms with van der Waals surface area (Å²) in [5.74, 6) is -0.773. The van der Waals surface area contributed by atoms with E-state index in [9.17, 15) is 9.59 Å². The van der Waals surface area contributed by atoms with E-state index in [1.165, 1.54) is 0 Å². The SMILES string of the molecule is CC1CN(C(=O)N2CCN(CCC(=O)O)CC2)CC(C)O1. The second-order valence-electron chi connectivity index (χ2n) is 5.92. The fraction of sp³-hybridized carbons (Fsp3) is 0.857. The number of carbonyl (C=O) groups excluding carboxylic acids is 1. The third-order valence-electron chi connectivity index (χ3n) is 3.97. The first-order valence-electron chi connectivity index (χ1n) is 7.59. The Morgan fingerprint density at radius 2 is 1.62 bits per heavy atom. The van der Waals surface area contributed by atoms with Gasteiger partial charge in [-0.15, -0.1) is 0 Å². The predicted octanol–water partition coefficient (Wildman–Crippen LogP) is 0.308. The molecular weight excluding hydrogens is 274 g/mol. The molecule has 2 amide bonds. The molecule has 7 nitrogen and oxygen atoms in total. The highest BCUT2D eigenvalue weighted by Crippen LogP contribution is 2.14. The Hall–Kier alpha value is -1.34. The Kier molecular flexibility index (Phi) is 5.41. The molecule has 1 N–H and O–H groups in total. The largest absolute Gasteiger partial charge is 0.481 e. The van der Waals surface area contributed by atoms with Gasteiger partial charge in [0.15, 0.2) is 0 Å². The minimum Gasteiger partial charge on any atom is -0.481 e. The molecule has 0 bridgehead atoms. The van der Waals surface area contributed by atoms with Gasteiger partial charge >= 0.3 is 12.0 Å². The highest BCUT2D eigenvalue weighted by atomic mass is 16.5. The molecule has 2 saturated heterocycles. The average Bonchev–Trinajstić information content (AvgIpc) is 2.44. The maximum Gasteiger partial charge on any atom is 0.320 e. The quantitative estimate of drug-likeness (QED) is 0.812. The van der Waals surface area contributed by atoms with E-state index in [2.05, 4.69) is 4.90 Å². The number of carboxylic acid groups (broad SMARTS) is 1. The van der Waals surface area contributed by atoms with Crippen LogP contribution in [0.4, 0.5) is 4.79 Å². The van der Waals surface area contributed by atoms with Gasteiger partial charge in [0.2, 0.25) is 0 Å². The summed E-state index contributed by atoms with van der Waals surface area (Å²) in [6.07, 6.45) is 0.316. The molecule has 0 aromatic carbocycles. The van der Waals surface area contributed by atoms with Gasteiger partial charge in [0.1, 0.15) is 0 Å². The van der Waals surface area contributed by atoms with E-state index in [1.807, 2.05) is 23.6 Å². The van der Waals surface area contributed by atoms with Crippen LogP contribution < -0.4 is 0 Å². The van der Waals surface area contributed by atoms with Gasteiger partial charge in [-0.2, -0.15) is 0 Å². The molecule has 2 unspecified atom stereocenters. The van der Waals surface area contributed by atoms with Gasteiger partial charge in [0.05, 0.1) is 18.6 Å². The van der Waals surface area contributed by atoms with Crippen molar-refractivity contribution in [2.24, 2.45) is 0 Å². The number of rotatable bonds is 3. The predicted molar refractivity (Wildman–Crippen MR) is 77.2 cm³/mol. The van der Waals surface area contributed by atoms with Crippen molar-refractivity contribution in [3.8, 4) is 0 Å². The summed E-state index contributed by atoms with van der Waals surface area (Å²) < 4.78 is 5.65. The molecule has 2 rings (SSSR count). The molecule has 2 atom stereocenters. The Labute approximate surface area is 125 Å². The number of carboxylic acids is 1. The topological polar surface area (TPSA) is 73.3 Å². The Balaban J connectivity index is 1.78. The number of amides is 2. The number of nitrogens with zero attached hydrogens (tertiary/aromatic N) is 3. The molecule has 0 aromatic rings. The van der Waals surface area contributed by atoms with Gasteiger partial charge in [-0.05, 0) is 13.8 Å². The standard InChI is InChI=1S/C14H25N3O4/c1-11-9-17(10-12(2)21-11)14(20)16-7-5-15(6-8-16)4-3-13(18)19/h11-12H,3-10H2,1-2H3,(H,18,19). The number of hydrogen-bond donors (Lipinski definition) is 1. The van der Waals surface area contributed by atoms with Crippen LogP contribution in [0.1, 0.15) is 20.3 Å². The van der Waals surface area contributed by atoms with Crippen molar-refractivity contribution in [3.05, 3.63) is 0 Å². The van der Waals surface area contributed by atoms with Gasteiger partial charge in [0, 0.05) is 45.8 Å². The molecule has 2 aliphatic rings. The highest BCUT2D eigenvalue weighted by Gasteiger charge is 2.30. The molecule has 2 fully saturated rings. The Morgan fingerprint density at radius 1 is 1.05 bits per heavy atom. The smallest absolute Gasteiger partial charge is 0.320 e. The number of piperazine rings is 1. The molecule has 0 radical (unpaired) electrons. The third-order valence-corrected chi connectivity index (χ3v) is 3.97. The van der Waals surface area contributed by atoms with Crippen molar-refractivity contribution < 1.29 is 19.4 Å². The van der Waals surface area contributed by atoms with E-state index in [0.717, 1.165) is 13.1 Å². The molecule has 7 heteroatoms. The molecule has 21 heavy (non-hydrogen) atoms. The fourth-order valence-corrected chi connectivity index (χ4v) is 2.95. The van der Waals surface area contributed by atoms with Gasteiger partial charge < -0.3 is 19.6 Å². The summed E-state index contributed by atoms with van der Waals surface area (Å²) in [5.41, 5.74) is 0. The van der Waals surface area contributed by atoms with E-state index in [-0.39, 0.29) is 24.7 Å². The molecule has 0 saturated carbocycles. The number of urea groups is 1. The van der Waals surface area contributed by atoms with Gasteiger partial charge in [-0.25, -0.2) is 4.79 Å². The van der Waals surface area contributed by atoms with Crippen molar-refractivity contribution in [1.82, 2.24) is 14.7 Å². The number of ether oxygens (including phenoxy) is 1. The zero-order valence-corrected chi connectivity index (χ0v) is 12.8. The molecule has 0 spiro atoms. The fourth-order valence-electron chi connectivity index (χ4n) is 2.95. The lowest BCUT2D eigenvalue weighted by Crippen LogP contribution is -2.57. The van der Waals surface area contributed by atoms with Crippen molar-refractivity contribution in [3.63, 3.8) is 0 Å². The number of carbonyl (C=O) groups is 2. The lowest BCUT2D eigenvalue weighted by Gasteiger charge is -2.41. The Morgan fingerprint density at radius 3 is 2.14 bits per heavy atom. The van der Waals surface area contributed by atoms with Crippen molar-refractivity contribution in [1.29, 1.82) is 0 Å². The number of morpholine rings is 1. The van der Waals surface area contributed by atoms with Crippen LogP contribution >= 0.6 is 0 Å². The van der Waals surface area contributed by atoms with Gasteiger partial charge in [-0.3, -0.25) is 9.69 Å². The van der Waals surface area contributed by atoms with Crippen molar-refractivity contribution in [2.45, 2.75) is 32.5 Å². The van der Waals surface area contributed by atoms with E-state index >= 15 is 0 Å². The zero-order chi connectivity index (χ0) is 15.4. The first kappa shape index (κ1) is 16.0. The normalized spacial score (nSPS) is 27.7. The summed E-state index contributed by atoms with van der Waals surface area (Å²) in [6.45, 7) is 8.63. The first-order chi connectivity index (χ1) is 9.95. The summed E-state index contributed by atoms with van der Waals surface area (Å²) in [6, 6.07) is 0.0786. The minimum atomic E-state index is -0.773. The maximum absolute atomic E-state index is 12.5. The van der Waals surface area contributed by atoms with Crippen LogP contribution in [0.25, 0.3) is 0 Å². The monoisotopic (exact) mass is 299 g/mol. The van der Waals surface area contributed by atoms with Crippen LogP contribution in [0.3, 0.4) is 0 Å². The Bertz CT molecular complexity index is 372. The van der Waals surface area contributed by atoms with Gasteiger partial charge in [0.25, 0.3) is 0 Å². The van der Waals surface area contributed by atoms with Crippen LogP contribution in [-0.2, 0) is 9.53 Å². The molecule has 2 aliphatic heterocycles. The molecule has 0 aliphatic carbocycles. The molecular formula is C14H25N3O4. The maximum atomic E-state index is 12.5. The van der Waals surface area contributed by atoms with E-state index in [1.54, 1.807) is 0 Å². The average molecular weight is 299 g/mol. The number of aliphatic carboxylic acids is 1. The lowest BCUT2D eigenvalue weighted by molar-refractivity contribution is -0.137. The molecule has 0 aromatic heterocycles. The zero-order valence-electron chi connectivity index (χ0n) is 12.8. The minimum absolute atomic E-state index is 0.0783. The third kappa shape index (κ3) is 4.57. The summed E-state index contributed by atoms with van der Waals surface area (Å²) >= 11 is 0. The lowest BCUT2D eigenvalue weighted by atomic mass is 10.2. The van der Waals surface area contributed by atoms with Crippen LogP contribution in [0.2, 0.25) is 0 Å². The molecule has 2 heterocycles. The van der Waals surface area contributed by atoms with Crippen LogP contribution in [0, 0.1) is 0 Å². The summed E-state index contributed by atoms with van der Waals surface area (Å²) in [7, 11) is 0. The summed E-state index contributed by atoms with van der Waals surface area (Å²) in [5, 5.41) is 8.69. The van der Waals surface area contributed by atoms with Crippen molar-refractivity contribution >= 4 is 12.0 Å². The van der Waals surface area contributed by atoms with Crippen molar-refractivity contribution in [2.75, 3.05) is 45.8 Å². The number of hydrogen-bond acceptors (Lipinski definition) is 4. The molecule has 120 valence electrons. The van der Waals surface area contributed by atoms with Gasteiger partial charge in [-0.1, -0.05) is 0 Å². The second-order valence-corrected chi connectivity index (χ2v) is 5.92. The van der Waals surface area contributed by atoms with E-state index in [4.69, 9.17) is 9.84 Å². The highest BCUT2D eigenvalue weighted by molar-refractivity contribution is 5.74. The summed E-state index contributed by atoms with van der Waals surface area (Å²) in [4.78, 5) is 28.9. The first-order valence-corrected chi connectivity index (χ1v) is 7.59. The van der Waals surface area contributed by atoms with Crippen LogP contribution in [0.5, 0.6) is 0 Å². The van der Waals surface area contributed by atoms with E-state index < -0.39 is 5.97 Å². The van der Waals surface area contributed by atoms with Crippen LogP contribution in [0.15, 0.2) is 0 Å².